The molecule has 0 radical (unpaired) electrons. The van der Waals surface area contributed by atoms with Gasteiger partial charge in [-0.25, -0.2) is 0 Å². The van der Waals surface area contributed by atoms with Crippen molar-refractivity contribution in [1.82, 2.24) is 5.32 Å². The molecule has 15 heavy (non-hydrogen) atoms. The zero-order chi connectivity index (χ0) is 11.4. The van der Waals surface area contributed by atoms with Gasteiger partial charge in [0, 0.05) is 26.8 Å². The van der Waals surface area contributed by atoms with E-state index in [1.807, 2.05) is 13.8 Å². The Morgan fingerprint density at radius 2 is 2.07 bits per heavy atom. The van der Waals surface area contributed by atoms with Crippen LogP contribution in [0.2, 0.25) is 0 Å². The van der Waals surface area contributed by atoms with Crippen LogP contribution in [0.15, 0.2) is 0 Å². The molecule has 3 nitrogen and oxygen atoms in total. The predicted octanol–water partition coefficient (Wildman–Crippen LogP) is 1.55. The van der Waals surface area contributed by atoms with E-state index in [1.54, 1.807) is 7.11 Å². The van der Waals surface area contributed by atoms with Crippen LogP contribution in [0.3, 0.4) is 0 Å². The Morgan fingerprint density at radius 3 is 2.47 bits per heavy atom. The Hall–Kier alpha value is -0.120. The van der Waals surface area contributed by atoms with Crippen LogP contribution in [0.1, 0.15) is 39.5 Å². The van der Waals surface area contributed by atoms with E-state index in [0.29, 0.717) is 12.0 Å². The fourth-order valence-corrected chi connectivity index (χ4v) is 2.14. The van der Waals surface area contributed by atoms with Gasteiger partial charge < -0.3 is 15.2 Å². The van der Waals surface area contributed by atoms with Crippen molar-refractivity contribution in [2.45, 2.75) is 45.1 Å². The van der Waals surface area contributed by atoms with Crippen molar-refractivity contribution < 1.29 is 9.84 Å². The minimum Gasteiger partial charge on any atom is -0.389 e. The van der Waals surface area contributed by atoms with Crippen LogP contribution in [0, 0.1) is 5.41 Å². The summed E-state index contributed by atoms with van der Waals surface area (Å²) in [6.07, 6.45) is 5.08. The summed E-state index contributed by atoms with van der Waals surface area (Å²) >= 11 is 0. The first kappa shape index (κ1) is 12.9. The van der Waals surface area contributed by atoms with E-state index in [1.165, 1.54) is 19.3 Å². The van der Waals surface area contributed by atoms with E-state index < -0.39 is 5.60 Å². The highest BCUT2D eigenvalue weighted by Crippen LogP contribution is 2.43. The minimum absolute atomic E-state index is 0.446. The third-order valence-corrected chi connectivity index (χ3v) is 3.31. The molecule has 0 aromatic carbocycles. The van der Waals surface area contributed by atoms with Crippen LogP contribution in [0.5, 0.6) is 0 Å². The molecule has 0 atom stereocenters. The summed E-state index contributed by atoms with van der Waals surface area (Å²) in [5.41, 5.74) is -0.159. The number of hydrogen-bond donors (Lipinski definition) is 2. The van der Waals surface area contributed by atoms with E-state index in [9.17, 15) is 5.11 Å². The summed E-state index contributed by atoms with van der Waals surface area (Å²) in [6, 6.07) is 0. The zero-order valence-corrected chi connectivity index (χ0v) is 10.3. The Balaban J connectivity index is 2.22. The molecule has 0 heterocycles. The average Bonchev–Trinajstić information content (AvgIpc) is 2.06. The Morgan fingerprint density at radius 1 is 1.40 bits per heavy atom. The highest BCUT2D eigenvalue weighted by atomic mass is 16.5. The molecule has 3 heteroatoms. The predicted molar refractivity (Wildman–Crippen MR) is 61.9 cm³/mol. The monoisotopic (exact) mass is 215 g/mol. The molecular formula is C12H25NO2. The van der Waals surface area contributed by atoms with Crippen molar-refractivity contribution in [3.63, 3.8) is 0 Å². The summed E-state index contributed by atoms with van der Waals surface area (Å²) in [7, 11) is 1.76. The van der Waals surface area contributed by atoms with Gasteiger partial charge in [-0.1, -0.05) is 6.42 Å². The third kappa shape index (κ3) is 4.49. The van der Waals surface area contributed by atoms with E-state index in [0.717, 1.165) is 19.6 Å². The SMILES string of the molecule is COCCC1(CNCC(C)(C)O)CCC1. The van der Waals surface area contributed by atoms with Gasteiger partial charge in [-0.3, -0.25) is 0 Å². The number of ether oxygens (including phenoxy) is 1. The maximum Gasteiger partial charge on any atom is 0.0715 e. The van der Waals surface area contributed by atoms with Gasteiger partial charge in [0.15, 0.2) is 0 Å². The fourth-order valence-electron chi connectivity index (χ4n) is 2.14. The molecule has 1 aliphatic rings. The first-order valence-electron chi connectivity index (χ1n) is 5.90. The normalized spacial score (nSPS) is 20.0. The molecule has 0 spiro atoms. The summed E-state index contributed by atoms with van der Waals surface area (Å²) in [4.78, 5) is 0. The molecule has 0 aliphatic heterocycles. The van der Waals surface area contributed by atoms with Crippen molar-refractivity contribution in [3.8, 4) is 0 Å². The lowest BCUT2D eigenvalue weighted by Crippen LogP contribution is -2.45. The molecule has 1 rings (SSSR count). The summed E-state index contributed by atoms with van der Waals surface area (Å²) < 4.78 is 5.14. The summed E-state index contributed by atoms with van der Waals surface area (Å²) in [5, 5.41) is 13.0. The van der Waals surface area contributed by atoms with Gasteiger partial charge >= 0.3 is 0 Å². The number of hydrogen-bond acceptors (Lipinski definition) is 3. The van der Waals surface area contributed by atoms with E-state index in [4.69, 9.17) is 4.74 Å². The quantitative estimate of drug-likeness (QED) is 0.677. The topological polar surface area (TPSA) is 41.5 Å². The van der Waals surface area contributed by atoms with Crippen molar-refractivity contribution in [3.05, 3.63) is 0 Å². The van der Waals surface area contributed by atoms with Crippen molar-refractivity contribution in [1.29, 1.82) is 0 Å². The summed E-state index contributed by atoms with van der Waals surface area (Å²) in [5.74, 6) is 0. The Kier molecular flexibility index (Phi) is 4.56. The molecule has 0 amide bonds. The number of nitrogens with one attached hydrogen (secondary N) is 1. The highest BCUT2D eigenvalue weighted by molar-refractivity contribution is 4.90. The van der Waals surface area contributed by atoms with E-state index in [-0.39, 0.29) is 0 Å². The molecule has 1 saturated carbocycles. The molecule has 0 saturated heterocycles. The van der Waals surface area contributed by atoms with Crippen LogP contribution in [-0.4, -0.2) is 37.5 Å². The molecule has 0 aromatic rings. The summed E-state index contributed by atoms with van der Waals surface area (Å²) in [6.45, 7) is 6.21. The van der Waals surface area contributed by atoms with Gasteiger partial charge in [-0.2, -0.15) is 0 Å². The van der Waals surface area contributed by atoms with Crippen molar-refractivity contribution in [2.75, 3.05) is 26.8 Å². The van der Waals surface area contributed by atoms with Crippen LogP contribution in [0.4, 0.5) is 0 Å². The molecule has 0 bridgehead atoms. The highest BCUT2D eigenvalue weighted by Gasteiger charge is 2.36. The first-order valence-corrected chi connectivity index (χ1v) is 5.90. The zero-order valence-electron chi connectivity index (χ0n) is 10.3. The lowest BCUT2D eigenvalue weighted by atomic mass is 9.66. The van der Waals surface area contributed by atoms with E-state index >= 15 is 0 Å². The van der Waals surface area contributed by atoms with Crippen LogP contribution in [-0.2, 0) is 4.74 Å². The molecule has 0 aromatic heterocycles. The van der Waals surface area contributed by atoms with Gasteiger partial charge in [0.2, 0.25) is 0 Å². The van der Waals surface area contributed by atoms with Crippen LogP contribution < -0.4 is 5.32 Å². The average molecular weight is 215 g/mol. The Labute approximate surface area is 93.2 Å². The fraction of sp³-hybridized carbons (Fsp3) is 1.00. The number of aliphatic hydroxyl groups is 1. The van der Waals surface area contributed by atoms with Gasteiger partial charge in [-0.15, -0.1) is 0 Å². The molecular weight excluding hydrogens is 190 g/mol. The maximum atomic E-state index is 9.59. The smallest absolute Gasteiger partial charge is 0.0715 e. The molecule has 2 N–H and O–H groups in total. The molecule has 0 unspecified atom stereocenters. The lowest BCUT2D eigenvalue weighted by Gasteiger charge is -2.42. The standard InChI is InChI=1S/C12H25NO2/c1-11(2,14)9-13-10-12(5-4-6-12)7-8-15-3/h13-14H,4-10H2,1-3H3. The van der Waals surface area contributed by atoms with Gasteiger partial charge in [0.25, 0.3) is 0 Å². The van der Waals surface area contributed by atoms with E-state index in [2.05, 4.69) is 5.32 Å². The lowest BCUT2D eigenvalue weighted by molar-refractivity contribution is 0.0488. The van der Waals surface area contributed by atoms with Crippen molar-refractivity contribution in [2.24, 2.45) is 5.41 Å². The molecule has 90 valence electrons. The van der Waals surface area contributed by atoms with Gasteiger partial charge in [-0.05, 0) is 38.5 Å². The van der Waals surface area contributed by atoms with Crippen molar-refractivity contribution >= 4 is 0 Å². The van der Waals surface area contributed by atoms with Crippen LogP contribution in [0.25, 0.3) is 0 Å². The second-order valence-corrected chi connectivity index (χ2v) is 5.51. The Bertz CT molecular complexity index is 183. The molecule has 1 fully saturated rings. The second-order valence-electron chi connectivity index (χ2n) is 5.51. The minimum atomic E-state index is -0.605. The third-order valence-electron chi connectivity index (χ3n) is 3.31. The number of methoxy groups -OCH3 is 1. The maximum absolute atomic E-state index is 9.59. The largest absolute Gasteiger partial charge is 0.389 e. The molecule has 1 aliphatic carbocycles. The van der Waals surface area contributed by atoms with Gasteiger partial charge in [0.1, 0.15) is 0 Å². The van der Waals surface area contributed by atoms with Gasteiger partial charge in [0.05, 0.1) is 5.60 Å². The van der Waals surface area contributed by atoms with Crippen LogP contribution >= 0.6 is 0 Å². The second kappa shape index (κ2) is 5.28. The number of rotatable bonds is 7. The first-order chi connectivity index (χ1) is 6.97.